The fourth-order valence-corrected chi connectivity index (χ4v) is 8.95. The SMILES string of the molecule is CC/C=C\C/C=C\C/C=C\C/C=C\CCCCCCCCCCCCCCCCC(=O)OCC(COC(=O)CCCCCCC/C=C\CCCCCC)OC(=O)CCCCCCCC/C=C\C/C=C\C/C=C\C/C=C\CC. The third kappa shape index (κ3) is 62.8. The number of rotatable bonds is 58. The number of carbonyl (C=O) groups is 3. The van der Waals surface area contributed by atoms with Crippen molar-refractivity contribution < 1.29 is 28.6 Å². The maximum atomic E-state index is 12.9. The summed E-state index contributed by atoms with van der Waals surface area (Å²) in [6.45, 7) is 6.40. The third-order valence-corrected chi connectivity index (χ3v) is 13.7. The van der Waals surface area contributed by atoms with Gasteiger partial charge in [-0.1, -0.05) is 271 Å². The summed E-state index contributed by atoms with van der Waals surface area (Å²) in [5, 5.41) is 0. The second kappa shape index (κ2) is 64.6. The van der Waals surface area contributed by atoms with Crippen LogP contribution < -0.4 is 0 Å². The van der Waals surface area contributed by atoms with Crippen LogP contribution in [-0.4, -0.2) is 37.2 Å². The summed E-state index contributed by atoms with van der Waals surface area (Å²) in [6, 6.07) is 0. The summed E-state index contributed by atoms with van der Waals surface area (Å²) in [4.78, 5) is 38.3. The first-order chi connectivity index (χ1) is 38.0. The molecule has 0 aromatic carbocycles. The van der Waals surface area contributed by atoms with Crippen molar-refractivity contribution in [1.82, 2.24) is 0 Å². The van der Waals surface area contributed by atoms with Gasteiger partial charge in [-0.05, 0) is 122 Å². The predicted molar refractivity (Wildman–Crippen MR) is 334 cm³/mol. The Labute approximate surface area is 476 Å². The fraction of sp³-hybridized carbons (Fsp3) is 0.704. The maximum absolute atomic E-state index is 12.9. The second-order valence-electron chi connectivity index (χ2n) is 21.3. The zero-order chi connectivity index (χ0) is 55.7. The Kier molecular flexibility index (Phi) is 61.3. The van der Waals surface area contributed by atoms with Crippen molar-refractivity contribution >= 4 is 17.9 Å². The van der Waals surface area contributed by atoms with E-state index in [0.717, 1.165) is 128 Å². The summed E-state index contributed by atoms with van der Waals surface area (Å²) in [5.41, 5.74) is 0. The van der Waals surface area contributed by atoms with Crippen LogP contribution in [0.5, 0.6) is 0 Å². The summed E-state index contributed by atoms with van der Waals surface area (Å²) >= 11 is 0. The molecule has 0 spiro atoms. The van der Waals surface area contributed by atoms with E-state index in [2.05, 4.69) is 130 Å². The van der Waals surface area contributed by atoms with Gasteiger partial charge in [0.1, 0.15) is 13.2 Å². The Bertz CT molecular complexity index is 1560. The number of esters is 3. The monoisotopic (exact) mass is 1070 g/mol. The van der Waals surface area contributed by atoms with Gasteiger partial charge in [0, 0.05) is 19.3 Å². The molecule has 0 heterocycles. The highest BCUT2D eigenvalue weighted by Crippen LogP contribution is 2.16. The highest BCUT2D eigenvalue weighted by molar-refractivity contribution is 5.71. The molecule has 1 atom stereocenters. The Hall–Kier alpha value is -3.93. The largest absolute Gasteiger partial charge is 0.462 e. The summed E-state index contributed by atoms with van der Waals surface area (Å²) in [5.74, 6) is -0.902. The van der Waals surface area contributed by atoms with E-state index in [9.17, 15) is 14.4 Å². The van der Waals surface area contributed by atoms with Crippen molar-refractivity contribution in [3.8, 4) is 0 Å². The quantitative estimate of drug-likeness (QED) is 0.0261. The summed E-state index contributed by atoms with van der Waals surface area (Å²) < 4.78 is 16.9. The first-order valence-corrected chi connectivity index (χ1v) is 32.4. The minimum absolute atomic E-state index is 0.0863. The Balaban J connectivity index is 4.31. The zero-order valence-electron chi connectivity index (χ0n) is 50.4. The Morgan fingerprint density at radius 1 is 0.273 bits per heavy atom. The van der Waals surface area contributed by atoms with Crippen molar-refractivity contribution in [1.29, 1.82) is 0 Å². The highest BCUT2D eigenvalue weighted by Gasteiger charge is 2.19. The molecule has 0 aliphatic carbocycles. The summed E-state index contributed by atoms with van der Waals surface area (Å²) in [7, 11) is 0. The maximum Gasteiger partial charge on any atom is 0.306 e. The third-order valence-electron chi connectivity index (χ3n) is 13.7. The molecule has 0 aromatic rings. The molecule has 0 fully saturated rings. The van der Waals surface area contributed by atoms with Crippen LogP contribution in [0.4, 0.5) is 0 Å². The van der Waals surface area contributed by atoms with Gasteiger partial charge in [-0.2, -0.15) is 0 Å². The molecule has 6 heteroatoms. The molecule has 0 saturated heterocycles. The molecule has 0 N–H and O–H groups in total. The molecular weight excluding hydrogens is 949 g/mol. The molecule has 0 aliphatic rings. The Morgan fingerprint density at radius 3 is 0.805 bits per heavy atom. The molecule has 440 valence electrons. The van der Waals surface area contributed by atoms with Crippen LogP contribution in [0.2, 0.25) is 0 Å². The average molecular weight is 1070 g/mol. The number of carbonyl (C=O) groups excluding carboxylic acids is 3. The van der Waals surface area contributed by atoms with Gasteiger partial charge < -0.3 is 14.2 Å². The lowest BCUT2D eigenvalue weighted by atomic mass is 10.0. The lowest BCUT2D eigenvalue weighted by Gasteiger charge is -2.18. The molecule has 0 aliphatic heterocycles. The number of hydrogen-bond donors (Lipinski definition) is 0. The second-order valence-corrected chi connectivity index (χ2v) is 21.3. The van der Waals surface area contributed by atoms with E-state index in [4.69, 9.17) is 14.2 Å². The fourth-order valence-electron chi connectivity index (χ4n) is 8.95. The first kappa shape index (κ1) is 73.1. The van der Waals surface area contributed by atoms with E-state index in [-0.39, 0.29) is 31.1 Å². The van der Waals surface area contributed by atoms with E-state index < -0.39 is 6.10 Å². The molecule has 0 saturated carbocycles. The van der Waals surface area contributed by atoms with Crippen molar-refractivity contribution in [2.75, 3.05) is 13.2 Å². The van der Waals surface area contributed by atoms with Crippen LogP contribution in [-0.2, 0) is 28.6 Å². The zero-order valence-corrected chi connectivity index (χ0v) is 50.4. The van der Waals surface area contributed by atoms with E-state index in [1.165, 1.54) is 135 Å². The van der Waals surface area contributed by atoms with Crippen molar-refractivity contribution in [3.05, 3.63) is 109 Å². The van der Waals surface area contributed by atoms with Gasteiger partial charge in [-0.25, -0.2) is 0 Å². The lowest BCUT2D eigenvalue weighted by Crippen LogP contribution is -2.30. The topological polar surface area (TPSA) is 78.9 Å². The molecule has 0 amide bonds. The van der Waals surface area contributed by atoms with E-state index in [0.29, 0.717) is 19.3 Å². The molecule has 77 heavy (non-hydrogen) atoms. The smallest absolute Gasteiger partial charge is 0.306 e. The van der Waals surface area contributed by atoms with Gasteiger partial charge in [0.25, 0.3) is 0 Å². The first-order valence-electron chi connectivity index (χ1n) is 32.4. The minimum atomic E-state index is -0.791. The average Bonchev–Trinajstić information content (AvgIpc) is 3.43. The van der Waals surface area contributed by atoms with Gasteiger partial charge >= 0.3 is 17.9 Å². The minimum Gasteiger partial charge on any atom is -0.462 e. The predicted octanol–water partition coefficient (Wildman–Crippen LogP) is 22.2. The van der Waals surface area contributed by atoms with Crippen LogP contribution in [0.25, 0.3) is 0 Å². The van der Waals surface area contributed by atoms with Crippen LogP contribution in [0.15, 0.2) is 109 Å². The number of unbranched alkanes of at least 4 members (excludes halogenated alkanes) is 29. The molecule has 0 radical (unpaired) electrons. The van der Waals surface area contributed by atoms with Crippen LogP contribution in [0.1, 0.15) is 303 Å². The molecule has 1 unspecified atom stereocenters. The molecular formula is C71H120O6. The van der Waals surface area contributed by atoms with Crippen LogP contribution in [0.3, 0.4) is 0 Å². The van der Waals surface area contributed by atoms with Gasteiger partial charge in [-0.3, -0.25) is 14.4 Å². The van der Waals surface area contributed by atoms with Gasteiger partial charge in [0.15, 0.2) is 6.10 Å². The molecule has 0 aromatic heterocycles. The summed E-state index contributed by atoms with van der Waals surface area (Å²) in [6.07, 6.45) is 88.1. The standard InChI is InChI=1S/C71H120O6/c1-4-7-10-13-16-19-22-25-27-29-31-32-33-34-35-36-37-38-40-41-43-46-49-52-55-58-61-64-70(73)76-67-68(66-75-69(72)63-60-57-54-51-48-45-24-21-18-15-12-9-6-3)77-71(74)65-62-59-56-53-50-47-44-42-39-30-28-26-23-20-17-14-11-8-5-2/h7-8,10-11,16-17,19-21,24-28,31-32,39,42,68H,4-6,9,12-15,18,22-23,29-30,33-38,40-41,43-67H2,1-3H3/b10-7-,11-8-,19-16-,20-17-,24-21-,27-25-,28-26-,32-31-,42-39-. The van der Waals surface area contributed by atoms with E-state index >= 15 is 0 Å². The van der Waals surface area contributed by atoms with Crippen molar-refractivity contribution in [2.24, 2.45) is 0 Å². The van der Waals surface area contributed by atoms with Crippen LogP contribution in [0, 0.1) is 0 Å². The number of hydrogen-bond acceptors (Lipinski definition) is 6. The highest BCUT2D eigenvalue weighted by atomic mass is 16.6. The molecule has 0 rings (SSSR count). The van der Waals surface area contributed by atoms with Crippen molar-refractivity contribution in [3.63, 3.8) is 0 Å². The van der Waals surface area contributed by atoms with Gasteiger partial charge in [0.2, 0.25) is 0 Å². The van der Waals surface area contributed by atoms with Gasteiger partial charge in [0.05, 0.1) is 0 Å². The van der Waals surface area contributed by atoms with Crippen LogP contribution >= 0.6 is 0 Å². The van der Waals surface area contributed by atoms with E-state index in [1.807, 2.05) is 0 Å². The van der Waals surface area contributed by atoms with E-state index in [1.54, 1.807) is 0 Å². The normalized spacial score (nSPS) is 12.8. The molecule has 0 bridgehead atoms. The Morgan fingerprint density at radius 2 is 0.506 bits per heavy atom. The lowest BCUT2D eigenvalue weighted by molar-refractivity contribution is -0.167. The van der Waals surface area contributed by atoms with Gasteiger partial charge in [-0.15, -0.1) is 0 Å². The number of allylic oxidation sites excluding steroid dienone is 18. The van der Waals surface area contributed by atoms with Crippen molar-refractivity contribution in [2.45, 2.75) is 309 Å². The molecule has 6 nitrogen and oxygen atoms in total. The number of ether oxygens (including phenoxy) is 3.